The third-order valence-corrected chi connectivity index (χ3v) is 5.69. The number of nitrogens with zero attached hydrogens (tertiary/aromatic N) is 1. The molecule has 126 valence electrons. The van der Waals surface area contributed by atoms with E-state index in [-0.39, 0.29) is 12.6 Å². The van der Waals surface area contributed by atoms with Crippen LogP contribution in [0.4, 0.5) is 0 Å². The van der Waals surface area contributed by atoms with Crippen LogP contribution in [0.15, 0.2) is 54.6 Å². The predicted molar refractivity (Wildman–Crippen MR) is 104 cm³/mol. The maximum absolute atomic E-state index is 10.2. The lowest BCUT2D eigenvalue weighted by molar-refractivity contribution is 0.111. The summed E-state index contributed by atoms with van der Waals surface area (Å²) in [4.78, 5) is 2.41. The second kappa shape index (κ2) is 5.95. The highest BCUT2D eigenvalue weighted by Gasteiger charge is 2.24. The van der Waals surface area contributed by atoms with Gasteiger partial charge in [0.1, 0.15) is 0 Å². The third kappa shape index (κ3) is 2.31. The zero-order valence-electron chi connectivity index (χ0n) is 14.2. The van der Waals surface area contributed by atoms with Gasteiger partial charge in [0.2, 0.25) is 0 Å². The minimum atomic E-state index is 0.0617. The molecule has 4 aromatic rings. The number of nitrogens with one attached hydrogen (secondary N) is 1. The number of hydrogen-bond donors (Lipinski definition) is 2. The molecule has 0 aromatic heterocycles. The van der Waals surface area contributed by atoms with Crippen LogP contribution in [0, 0.1) is 0 Å². The van der Waals surface area contributed by atoms with Gasteiger partial charge in [0, 0.05) is 26.2 Å². The van der Waals surface area contributed by atoms with E-state index < -0.39 is 0 Å². The van der Waals surface area contributed by atoms with Gasteiger partial charge in [-0.2, -0.15) is 0 Å². The molecule has 2 N–H and O–H groups in total. The molecule has 0 aliphatic carbocycles. The van der Waals surface area contributed by atoms with Gasteiger partial charge in [0.25, 0.3) is 0 Å². The molecule has 1 atom stereocenters. The second-order valence-corrected chi connectivity index (χ2v) is 7.00. The average molecular weight is 330 g/mol. The van der Waals surface area contributed by atoms with Crippen LogP contribution in [0.25, 0.3) is 32.3 Å². The summed E-state index contributed by atoms with van der Waals surface area (Å²) in [6.45, 7) is 4.09. The molecule has 3 heteroatoms. The van der Waals surface area contributed by atoms with Gasteiger partial charge in [0.05, 0.1) is 12.6 Å². The summed E-state index contributed by atoms with van der Waals surface area (Å²) < 4.78 is 0. The van der Waals surface area contributed by atoms with E-state index >= 15 is 0 Å². The van der Waals surface area contributed by atoms with Gasteiger partial charge >= 0.3 is 0 Å². The Balaban J connectivity index is 1.78. The summed E-state index contributed by atoms with van der Waals surface area (Å²) in [5, 5.41) is 21.4. The molecule has 0 unspecified atom stereocenters. The van der Waals surface area contributed by atoms with Crippen LogP contribution < -0.4 is 5.32 Å². The number of aliphatic hydroxyl groups excluding tert-OH is 1. The van der Waals surface area contributed by atoms with Crippen molar-refractivity contribution in [3.63, 3.8) is 0 Å². The van der Waals surface area contributed by atoms with Crippen molar-refractivity contribution in [2.45, 2.75) is 6.04 Å². The van der Waals surface area contributed by atoms with E-state index in [0.29, 0.717) is 0 Å². The normalized spacial score (nSPS) is 17.6. The fourth-order valence-electron chi connectivity index (χ4n) is 4.45. The molecule has 1 fully saturated rings. The van der Waals surface area contributed by atoms with Gasteiger partial charge < -0.3 is 10.4 Å². The molecule has 0 amide bonds. The Morgan fingerprint density at radius 3 is 2.20 bits per heavy atom. The van der Waals surface area contributed by atoms with Gasteiger partial charge in [-0.3, -0.25) is 4.90 Å². The first-order valence-corrected chi connectivity index (χ1v) is 9.09. The lowest BCUT2D eigenvalue weighted by atomic mass is 9.89. The summed E-state index contributed by atoms with van der Waals surface area (Å²) in [5.41, 5.74) is 1.25. The van der Waals surface area contributed by atoms with Crippen LogP contribution in [0.3, 0.4) is 0 Å². The molecule has 0 spiro atoms. The van der Waals surface area contributed by atoms with Crippen LogP contribution in [0.2, 0.25) is 0 Å². The average Bonchev–Trinajstić information content (AvgIpc) is 2.68. The molecule has 25 heavy (non-hydrogen) atoms. The number of rotatable bonds is 3. The van der Waals surface area contributed by atoms with Gasteiger partial charge in [-0.25, -0.2) is 0 Å². The van der Waals surface area contributed by atoms with E-state index in [1.807, 2.05) is 0 Å². The Labute approximate surface area is 147 Å². The summed E-state index contributed by atoms with van der Waals surface area (Å²) in [6.07, 6.45) is 0. The molecule has 0 radical (unpaired) electrons. The third-order valence-electron chi connectivity index (χ3n) is 5.69. The highest BCUT2D eigenvalue weighted by molar-refractivity contribution is 6.23. The van der Waals surface area contributed by atoms with Crippen LogP contribution in [-0.4, -0.2) is 42.8 Å². The van der Waals surface area contributed by atoms with E-state index in [0.717, 1.165) is 26.2 Å². The van der Waals surface area contributed by atoms with Crippen molar-refractivity contribution in [3.05, 3.63) is 60.2 Å². The van der Waals surface area contributed by atoms with E-state index in [9.17, 15) is 5.11 Å². The Bertz CT molecular complexity index is 1020. The molecule has 1 heterocycles. The molecule has 5 rings (SSSR count). The van der Waals surface area contributed by atoms with Crippen molar-refractivity contribution in [1.29, 1.82) is 0 Å². The van der Waals surface area contributed by atoms with E-state index in [2.05, 4.69) is 64.8 Å². The monoisotopic (exact) mass is 330 g/mol. The largest absolute Gasteiger partial charge is 0.394 e. The number of piperazine rings is 1. The Morgan fingerprint density at radius 1 is 0.840 bits per heavy atom. The van der Waals surface area contributed by atoms with E-state index in [1.54, 1.807) is 0 Å². The smallest absolute Gasteiger partial charge is 0.0628 e. The number of hydrogen-bond acceptors (Lipinski definition) is 3. The van der Waals surface area contributed by atoms with Crippen molar-refractivity contribution in [2.75, 3.05) is 32.8 Å². The zero-order valence-corrected chi connectivity index (χ0v) is 14.2. The molecule has 1 saturated heterocycles. The van der Waals surface area contributed by atoms with Crippen molar-refractivity contribution in [1.82, 2.24) is 10.2 Å². The molecule has 0 saturated carbocycles. The zero-order chi connectivity index (χ0) is 16.8. The highest BCUT2D eigenvalue weighted by atomic mass is 16.3. The van der Waals surface area contributed by atoms with Gasteiger partial charge in [-0.05, 0) is 37.9 Å². The maximum atomic E-state index is 10.2. The first-order chi connectivity index (χ1) is 12.4. The fraction of sp³-hybridized carbons (Fsp3) is 0.273. The Morgan fingerprint density at radius 2 is 1.48 bits per heavy atom. The lowest BCUT2D eigenvalue weighted by Gasteiger charge is -2.35. The summed E-state index contributed by atoms with van der Waals surface area (Å²) in [7, 11) is 0. The van der Waals surface area contributed by atoms with Gasteiger partial charge in [0.15, 0.2) is 0 Å². The maximum Gasteiger partial charge on any atom is 0.0628 e. The Hall–Kier alpha value is -2.20. The van der Waals surface area contributed by atoms with Crippen LogP contribution in [0.1, 0.15) is 11.6 Å². The van der Waals surface area contributed by atoms with E-state index in [1.165, 1.54) is 37.9 Å². The fourth-order valence-corrected chi connectivity index (χ4v) is 4.45. The minimum absolute atomic E-state index is 0.0617. The first-order valence-electron chi connectivity index (χ1n) is 9.09. The topological polar surface area (TPSA) is 35.5 Å². The van der Waals surface area contributed by atoms with Crippen LogP contribution >= 0.6 is 0 Å². The molecule has 1 aliphatic rings. The number of aliphatic hydroxyl groups is 1. The summed E-state index contributed by atoms with van der Waals surface area (Å²) in [5.74, 6) is 0. The van der Waals surface area contributed by atoms with Crippen molar-refractivity contribution >= 4 is 32.3 Å². The Kier molecular flexibility index (Phi) is 3.59. The molecule has 0 bridgehead atoms. The van der Waals surface area contributed by atoms with Crippen molar-refractivity contribution in [2.24, 2.45) is 0 Å². The molecular formula is C22H22N2O. The predicted octanol–water partition coefficient (Wildman–Crippen LogP) is 3.52. The SMILES string of the molecule is OC[C@@H](c1ccc2ccc3cccc4ccc1c2c34)N1CCNCC1. The first kappa shape index (κ1) is 15.1. The summed E-state index contributed by atoms with van der Waals surface area (Å²) in [6, 6.07) is 19.9. The number of benzene rings is 4. The quantitative estimate of drug-likeness (QED) is 0.564. The molecular weight excluding hydrogens is 308 g/mol. The van der Waals surface area contributed by atoms with Crippen LogP contribution in [-0.2, 0) is 0 Å². The molecule has 4 aromatic carbocycles. The minimum Gasteiger partial charge on any atom is -0.394 e. The molecule has 1 aliphatic heterocycles. The summed E-state index contributed by atoms with van der Waals surface area (Å²) >= 11 is 0. The van der Waals surface area contributed by atoms with Crippen molar-refractivity contribution < 1.29 is 5.11 Å². The van der Waals surface area contributed by atoms with Crippen LogP contribution in [0.5, 0.6) is 0 Å². The van der Waals surface area contributed by atoms with Gasteiger partial charge in [-0.15, -0.1) is 0 Å². The van der Waals surface area contributed by atoms with Gasteiger partial charge in [-0.1, -0.05) is 54.6 Å². The van der Waals surface area contributed by atoms with E-state index in [4.69, 9.17) is 0 Å². The standard InChI is InChI=1S/C22H22N2O/c25-14-20(24-12-10-23-11-13-24)18-8-6-17-5-4-15-2-1-3-16-7-9-19(18)22(17)21(15)16/h1-9,20,23,25H,10-14H2/t20-/m0/s1. The molecule has 3 nitrogen and oxygen atoms in total. The van der Waals surface area contributed by atoms with Crippen molar-refractivity contribution in [3.8, 4) is 0 Å². The lowest BCUT2D eigenvalue weighted by Crippen LogP contribution is -2.46. The second-order valence-electron chi connectivity index (χ2n) is 7.00. The highest BCUT2D eigenvalue weighted by Crippen LogP contribution is 2.38.